The van der Waals surface area contributed by atoms with E-state index in [1.54, 1.807) is 0 Å². The molecule has 2 heterocycles. The van der Waals surface area contributed by atoms with E-state index in [9.17, 15) is 0 Å². The quantitative estimate of drug-likeness (QED) is 0.780. The lowest BCUT2D eigenvalue weighted by Gasteiger charge is -2.49. The van der Waals surface area contributed by atoms with E-state index in [-0.39, 0.29) is 5.54 Å². The minimum atomic E-state index is 0.203. The summed E-state index contributed by atoms with van der Waals surface area (Å²) in [4.78, 5) is 5.23. The Kier molecular flexibility index (Phi) is 6.48. The van der Waals surface area contributed by atoms with Gasteiger partial charge in [0.05, 0.1) is 6.10 Å². The number of hydrogen-bond acceptors (Lipinski definition) is 4. The highest BCUT2D eigenvalue weighted by Crippen LogP contribution is 2.30. The van der Waals surface area contributed by atoms with Crippen LogP contribution in [0.1, 0.15) is 46.5 Å². The molecule has 0 saturated carbocycles. The van der Waals surface area contributed by atoms with Crippen molar-refractivity contribution >= 4 is 0 Å². The van der Waals surface area contributed by atoms with Crippen LogP contribution in [-0.2, 0) is 4.74 Å². The van der Waals surface area contributed by atoms with Crippen LogP contribution in [0.15, 0.2) is 0 Å². The number of likely N-dealkylation sites (N-methyl/N-ethyl adjacent to an activating group) is 1. The zero-order valence-corrected chi connectivity index (χ0v) is 14.3. The molecule has 1 unspecified atom stereocenters. The summed E-state index contributed by atoms with van der Waals surface area (Å²) in [5.41, 5.74) is 6.44. The van der Waals surface area contributed by atoms with Gasteiger partial charge in [-0.2, -0.15) is 0 Å². The number of piperidine rings is 1. The van der Waals surface area contributed by atoms with Gasteiger partial charge in [0.15, 0.2) is 0 Å². The van der Waals surface area contributed by atoms with Crippen LogP contribution in [0, 0.1) is 5.92 Å². The van der Waals surface area contributed by atoms with Crippen molar-refractivity contribution in [1.29, 1.82) is 0 Å². The van der Waals surface area contributed by atoms with Gasteiger partial charge in [-0.1, -0.05) is 20.8 Å². The second-order valence-electron chi connectivity index (χ2n) is 7.30. The van der Waals surface area contributed by atoms with Crippen LogP contribution in [0.2, 0.25) is 0 Å². The van der Waals surface area contributed by atoms with Gasteiger partial charge < -0.3 is 15.4 Å². The van der Waals surface area contributed by atoms with Gasteiger partial charge in [0.25, 0.3) is 0 Å². The summed E-state index contributed by atoms with van der Waals surface area (Å²) in [5, 5.41) is 0. The SMILES string of the molecule is CCN(CC1CCCO1)C1(CN)CCN(CC(C)C)CC1. The van der Waals surface area contributed by atoms with Crippen molar-refractivity contribution in [2.24, 2.45) is 11.7 Å². The van der Waals surface area contributed by atoms with Gasteiger partial charge in [0.2, 0.25) is 0 Å². The van der Waals surface area contributed by atoms with E-state index in [1.807, 2.05) is 0 Å². The molecule has 2 rings (SSSR count). The van der Waals surface area contributed by atoms with Crippen LogP contribution in [-0.4, -0.2) is 67.3 Å². The van der Waals surface area contributed by atoms with E-state index in [0.717, 1.165) is 32.2 Å². The molecule has 2 aliphatic heterocycles. The van der Waals surface area contributed by atoms with Crippen molar-refractivity contribution in [3.05, 3.63) is 0 Å². The maximum absolute atomic E-state index is 6.23. The first-order valence-electron chi connectivity index (χ1n) is 8.88. The second-order valence-corrected chi connectivity index (χ2v) is 7.30. The maximum atomic E-state index is 6.23. The lowest BCUT2D eigenvalue weighted by atomic mass is 9.85. The summed E-state index contributed by atoms with van der Waals surface area (Å²) >= 11 is 0. The standard InChI is InChI=1S/C17H35N3O/c1-4-20(13-16-6-5-11-21-16)17(14-18)7-9-19(10-8-17)12-15(2)3/h15-16H,4-14,18H2,1-3H3. The van der Waals surface area contributed by atoms with Crippen molar-refractivity contribution in [3.63, 3.8) is 0 Å². The Bertz CT molecular complexity index is 294. The van der Waals surface area contributed by atoms with Gasteiger partial charge in [-0.05, 0) is 51.2 Å². The van der Waals surface area contributed by atoms with Crippen LogP contribution in [0.3, 0.4) is 0 Å². The number of likely N-dealkylation sites (tertiary alicyclic amines) is 1. The lowest BCUT2D eigenvalue weighted by molar-refractivity contribution is -0.00964. The molecular formula is C17H35N3O. The third-order valence-electron chi connectivity index (χ3n) is 5.29. The number of rotatable bonds is 7. The number of nitrogens with two attached hydrogens (primary N) is 1. The van der Waals surface area contributed by atoms with E-state index >= 15 is 0 Å². The molecule has 2 saturated heterocycles. The van der Waals surface area contributed by atoms with Gasteiger partial charge in [0.1, 0.15) is 0 Å². The fraction of sp³-hybridized carbons (Fsp3) is 1.00. The largest absolute Gasteiger partial charge is 0.377 e. The monoisotopic (exact) mass is 297 g/mol. The Morgan fingerprint density at radius 3 is 2.52 bits per heavy atom. The summed E-state index contributed by atoms with van der Waals surface area (Å²) in [6, 6.07) is 0. The Hall–Kier alpha value is -0.160. The zero-order valence-electron chi connectivity index (χ0n) is 14.3. The molecule has 0 bridgehead atoms. The molecule has 0 aromatic carbocycles. The topological polar surface area (TPSA) is 41.7 Å². The molecule has 0 aromatic heterocycles. The maximum Gasteiger partial charge on any atom is 0.0703 e. The van der Waals surface area contributed by atoms with E-state index < -0.39 is 0 Å². The van der Waals surface area contributed by atoms with Crippen LogP contribution in [0.5, 0.6) is 0 Å². The van der Waals surface area contributed by atoms with Crippen molar-refractivity contribution in [2.45, 2.75) is 58.1 Å². The highest BCUT2D eigenvalue weighted by atomic mass is 16.5. The molecule has 21 heavy (non-hydrogen) atoms. The van der Waals surface area contributed by atoms with Crippen LogP contribution in [0.4, 0.5) is 0 Å². The lowest BCUT2D eigenvalue weighted by Crippen LogP contribution is -2.60. The van der Waals surface area contributed by atoms with Gasteiger partial charge in [-0.15, -0.1) is 0 Å². The van der Waals surface area contributed by atoms with Crippen LogP contribution < -0.4 is 5.73 Å². The predicted octanol–water partition coefficient (Wildman–Crippen LogP) is 1.94. The molecule has 1 atom stereocenters. The molecule has 2 fully saturated rings. The Balaban J connectivity index is 1.93. The third kappa shape index (κ3) is 4.41. The molecule has 0 aliphatic carbocycles. The summed E-state index contributed by atoms with van der Waals surface area (Å²) in [6.45, 7) is 14.4. The highest BCUT2D eigenvalue weighted by Gasteiger charge is 2.39. The van der Waals surface area contributed by atoms with Gasteiger partial charge in [0, 0.05) is 31.8 Å². The fourth-order valence-corrected chi connectivity index (χ4v) is 4.01. The second kappa shape index (κ2) is 7.91. The molecular weight excluding hydrogens is 262 g/mol. The van der Waals surface area contributed by atoms with E-state index in [4.69, 9.17) is 10.5 Å². The molecule has 2 aliphatic rings. The average molecular weight is 297 g/mol. The molecule has 2 N–H and O–H groups in total. The number of nitrogens with zero attached hydrogens (tertiary/aromatic N) is 2. The molecule has 0 amide bonds. The molecule has 4 nitrogen and oxygen atoms in total. The first kappa shape index (κ1) is 17.2. The van der Waals surface area contributed by atoms with Crippen molar-refractivity contribution in [1.82, 2.24) is 9.80 Å². The van der Waals surface area contributed by atoms with Gasteiger partial charge >= 0.3 is 0 Å². The van der Waals surface area contributed by atoms with Gasteiger partial charge in [-0.25, -0.2) is 0 Å². The third-order valence-corrected chi connectivity index (χ3v) is 5.29. The van der Waals surface area contributed by atoms with Crippen molar-refractivity contribution in [3.8, 4) is 0 Å². The first-order valence-corrected chi connectivity index (χ1v) is 8.88. The molecule has 0 spiro atoms. The van der Waals surface area contributed by atoms with E-state index in [0.29, 0.717) is 6.10 Å². The zero-order chi connectivity index (χ0) is 15.3. The summed E-state index contributed by atoms with van der Waals surface area (Å²) in [6.07, 6.45) is 5.28. The van der Waals surface area contributed by atoms with Crippen molar-refractivity contribution in [2.75, 3.05) is 45.9 Å². The molecule has 0 radical (unpaired) electrons. The minimum absolute atomic E-state index is 0.203. The average Bonchev–Trinajstić information content (AvgIpc) is 2.98. The van der Waals surface area contributed by atoms with Crippen LogP contribution in [0.25, 0.3) is 0 Å². The van der Waals surface area contributed by atoms with E-state index in [1.165, 1.54) is 45.3 Å². The van der Waals surface area contributed by atoms with Crippen molar-refractivity contribution < 1.29 is 4.74 Å². The normalized spacial score (nSPS) is 26.9. The Morgan fingerprint density at radius 1 is 1.33 bits per heavy atom. The minimum Gasteiger partial charge on any atom is -0.377 e. The fourth-order valence-electron chi connectivity index (χ4n) is 4.01. The summed E-state index contributed by atoms with van der Waals surface area (Å²) < 4.78 is 5.85. The molecule has 0 aromatic rings. The highest BCUT2D eigenvalue weighted by molar-refractivity contribution is 4.97. The van der Waals surface area contributed by atoms with Gasteiger partial charge in [-0.3, -0.25) is 4.90 Å². The summed E-state index contributed by atoms with van der Waals surface area (Å²) in [7, 11) is 0. The smallest absolute Gasteiger partial charge is 0.0703 e. The summed E-state index contributed by atoms with van der Waals surface area (Å²) in [5.74, 6) is 0.754. The first-order chi connectivity index (χ1) is 10.1. The number of ether oxygens (including phenoxy) is 1. The predicted molar refractivity (Wildman–Crippen MR) is 88.5 cm³/mol. The Morgan fingerprint density at radius 2 is 2.05 bits per heavy atom. The Labute approximate surface area is 131 Å². The molecule has 4 heteroatoms. The number of hydrogen-bond donors (Lipinski definition) is 1. The van der Waals surface area contributed by atoms with Crippen LogP contribution >= 0.6 is 0 Å². The van der Waals surface area contributed by atoms with E-state index in [2.05, 4.69) is 30.6 Å². The molecule has 124 valence electrons.